The maximum Gasteiger partial charge on any atom is 0.317 e. The molecule has 3 heterocycles. The summed E-state index contributed by atoms with van der Waals surface area (Å²) in [6, 6.07) is 16.8. The molecule has 0 spiro atoms. The van der Waals surface area contributed by atoms with E-state index in [9.17, 15) is 4.79 Å². The van der Waals surface area contributed by atoms with Gasteiger partial charge in [0, 0.05) is 49.1 Å². The van der Waals surface area contributed by atoms with E-state index in [1.165, 1.54) is 17.0 Å². The summed E-state index contributed by atoms with van der Waals surface area (Å²) in [6.07, 6.45) is 2.17. The number of nitrogens with two attached hydrogens (primary N) is 1. The Kier molecular flexibility index (Phi) is 7.21. The molecule has 0 saturated carbocycles. The number of rotatable bonds is 6. The predicted molar refractivity (Wildman–Crippen MR) is 142 cm³/mol. The number of fused-ring (bicyclic) bond motifs is 2. The molecular weight excluding hydrogens is 462 g/mol. The normalized spacial score (nSPS) is 15.5. The molecule has 3 aromatic rings. The Morgan fingerprint density at radius 1 is 1.03 bits per heavy atom. The zero-order valence-electron chi connectivity index (χ0n) is 19.7. The van der Waals surface area contributed by atoms with Crippen molar-refractivity contribution < 1.29 is 14.3 Å². The summed E-state index contributed by atoms with van der Waals surface area (Å²) in [7, 11) is 0. The Hall–Kier alpha value is -3.48. The van der Waals surface area contributed by atoms with Crippen molar-refractivity contribution in [2.45, 2.75) is 12.8 Å². The first-order valence-corrected chi connectivity index (χ1v) is 12.9. The second-order valence-corrected chi connectivity index (χ2v) is 9.79. The standard InChI is InChI=1S/C26H29N5O3S/c27-26(32)29-25-16-20-15-19(3-6-24(20)35-25)18-28-7-1-2-8-30-9-11-31(12-10-30)21-4-5-22-23(17-21)34-14-13-33-22/h3-6,15-17H,1-2,7-14H2,(H2-,27,29,32)/p+1. The lowest BCUT2D eigenvalue weighted by atomic mass is 10.2. The third-order valence-electron chi connectivity index (χ3n) is 6.23. The molecule has 0 aliphatic carbocycles. The van der Waals surface area contributed by atoms with Crippen LogP contribution in [0.4, 0.5) is 15.5 Å². The number of anilines is 2. The van der Waals surface area contributed by atoms with Gasteiger partial charge in [-0.25, -0.2) is 4.79 Å². The lowest BCUT2D eigenvalue weighted by Gasteiger charge is -2.36. The van der Waals surface area contributed by atoms with E-state index in [0.29, 0.717) is 13.2 Å². The first-order chi connectivity index (χ1) is 17.1. The van der Waals surface area contributed by atoms with Crippen LogP contribution in [0.25, 0.3) is 14.9 Å². The van der Waals surface area contributed by atoms with Gasteiger partial charge >= 0.3 is 12.1 Å². The number of hydrogen-bond acceptors (Lipinski definition) is 6. The highest BCUT2D eigenvalue weighted by atomic mass is 32.1. The number of amides is 2. The van der Waals surface area contributed by atoms with Gasteiger partial charge < -0.3 is 20.1 Å². The first-order valence-electron chi connectivity index (χ1n) is 12.0. The monoisotopic (exact) mass is 492 g/mol. The number of urea groups is 1. The van der Waals surface area contributed by atoms with Crippen LogP contribution in [0.1, 0.15) is 18.4 Å². The van der Waals surface area contributed by atoms with E-state index in [0.717, 1.165) is 84.3 Å². The molecule has 182 valence electrons. The maximum atomic E-state index is 11.0. The molecule has 2 aromatic carbocycles. The van der Waals surface area contributed by atoms with E-state index in [-0.39, 0.29) is 0 Å². The van der Waals surface area contributed by atoms with Gasteiger partial charge in [-0.15, -0.1) is 11.3 Å². The van der Waals surface area contributed by atoms with E-state index >= 15 is 0 Å². The van der Waals surface area contributed by atoms with Gasteiger partial charge in [0.25, 0.3) is 6.54 Å². The third-order valence-corrected chi connectivity index (χ3v) is 7.26. The molecule has 2 aliphatic heterocycles. The van der Waals surface area contributed by atoms with Crippen LogP contribution in [0.2, 0.25) is 0 Å². The molecule has 9 heteroatoms. The van der Waals surface area contributed by atoms with E-state index in [1.54, 1.807) is 0 Å². The summed E-state index contributed by atoms with van der Waals surface area (Å²) in [4.78, 5) is 20.5. The average Bonchev–Trinajstić information content (AvgIpc) is 3.27. The highest BCUT2D eigenvalue weighted by Gasteiger charge is 2.19. The summed E-state index contributed by atoms with van der Waals surface area (Å²) < 4.78 is 12.4. The molecule has 3 N–H and O–H groups in total. The van der Waals surface area contributed by atoms with Crippen molar-refractivity contribution in [1.29, 1.82) is 0 Å². The van der Waals surface area contributed by atoms with Crippen molar-refractivity contribution in [3.8, 4) is 17.6 Å². The minimum atomic E-state index is -0.549. The number of thiophene rings is 1. The largest absolute Gasteiger partial charge is 0.486 e. The van der Waals surface area contributed by atoms with Crippen LogP contribution in [0.5, 0.6) is 11.5 Å². The summed E-state index contributed by atoms with van der Waals surface area (Å²) in [6.45, 7) is 7.29. The van der Waals surface area contributed by atoms with E-state index in [2.05, 4.69) is 38.2 Å². The fourth-order valence-electron chi connectivity index (χ4n) is 4.43. The number of nitrogens with one attached hydrogen (secondary N) is 1. The summed E-state index contributed by atoms with van der Waals surface area (Å²) in [5.74, 6) is 1.70. The Labute approximate surface area is 209 Å². The van der Waals surface area contributed by atoms with Crippen molar-refractivity contribution in [2.24, 2.45) is 5.73 Å². The number of hydrogen-bond donors (Lipinski definition) is 2. The SMILES string of the molecule is NC(=O)Nc1cc2cc(C#[N+]CCCCN3CCN(c4ccc5c(c4)OCCO5)CC3)ccc2s1. The van der Waals surface area contributed by atoms with Crippen LogP contribution in [0.3, 0.4) is 0 Å². The van der Waals surface area contributed by atoms with Gasteiger partial charge in [-0.3, -0.25) is 10.2 Å². The van der Waals surface area contributed by atoms with Crippen molar-refractivity contribution in [1.82, 2.24) is 4.90 Å². The van der Waals surface area contributed by atoms with Gasteiger partial charge in [0.15, 0.2) is 11.5 Å². The first kappa shape index (κ1) is 23.3. The highest BCUT2D eigenvalue weighted by Crippen LogP contribution is 2.34. The molecule has 2 aliphatic rings. The molecule has 2 amide bonds. The Balaban J connectivity index is 1.03. The van der Waals surface area contributed by atoms with E-state index < -0.39 is 6.03 Å². The molecule has 8 nitrogen and oxygen atoms in total. The molecule has 35 heavy (non-hydrogen) atoms. The zero-order chi connectivity index (χ0) is 24.0. The van der Waals surface area contributed by atoms with Crippen LogP contribution < -0.4 is 25.4 Å². The van der Waals surface area contributed by atoms with Gasteiger partial charge in [0.2, 0.25) is 0 Å². The van der Waals surface area contributed by atoms with E-state index in [1.807, 2.05) is 30.3 Å². The number of benzene rings is 2. The maximum absolute atomic E-state index is 11.0. The molecule has 1 aromatic heterocycles. The second kappa shape index (κ2) is 10.8. The molecule has 1 fully saturated rings. The van der Waals surface area contributed by atoms with Gasteiger partial charge in [-0.2, -0.15) is 0 Å². The number of carbonyl (C=O) groups is 1. The Morgan fingerprint density at radius 2 is 1.86 bits per heavy atom. The lowest BCUT2D eigenvalue weighted by Crippen LogP contribution is -2.46. The zero-order valence-corrected chi connectivity index (χ0v) is 20.5. The molecule has 1 saturated heterocycles. The molecule has 0 radical (unpaired) electrons. The van der Waals surface area contributed by atoms with Crippen LogP contribution in [0.15, 0.2) is 42.5 Å². The molecule has 0 unspecified atom stereocenters. The number of piperazine rings is 1. The smallest absolute Gasteiger partial charge is 0.317 e. The summed E-state index contributed by atoms with van der Waals surface area (Å²) >= 11 is 1.50. The van der Waals surface area contributed by atoms with Gasteiger partial charge in [0.05, 0.1) is 5.00 Å². The van der Waals surface area contributed by atoms with Crippen molar-refractivity contribution in [3.05, 3.63) is 52.9 Å². The van der Waals surface area contributed by atoms with Gasteiger partial charge in [-0.05, 0) is 54.8 Å². The van der Waals surface area contributed by atoms with Crippen LogP contribution in [-0.4, -0.2) is 63.4 Å². The number of primary amides is 1. The van der Waals surface area contributed by atoms with Crippen LogP contribution >= 0.6 is 11.3 Å². The quantitative estimate of drug-likeness (QED) is 0.497. The number of carbonyl (C=O) groups excluding carboxylic acids is 1. The predicted octanol–water partition coefficient (Wildman–Crippen LogP) is 4.45. The van der Waals surface area contributed by atoms with Crippen LogP contribution in [0, 0.1) is 6.07 Å². The fraction of sp³-hybridized carbons (Fsp3) is 0.385. The van der Waals surface area contributed by atoms with Crippen molar-refractivity contribution >= 4 is 38.1 Å². The van der Waals surface area contributed by atoms with Gasteiger partial charge in [0.1, 0.15) is 18.8 Å². The highest BCUT2D eigenvalue weighted by molar-refractivity contribution is 7.22. The second-order valence-electron chi connectivity index (χ2n) is 8.71. The molecule has 0 atom stereocenters. The van der Waals surface area contributed by atoms with E-state index in [4.69, 9.17) is 15.2 Å². The molecular formula is C26H30N5O3S+. The minimum Gasteiger partial charge on any atom is -0.486 e. The van der Waals surface area contributed by atoms with Crippen molar-refractivity contribution in [2.75, 3.05) is 62.7 Å². The Bertz CT molecular complexity index is 1260. The lowest BCUT2D eigenvalue weighted by molar-refractivity contribution is 0.171. The number of ether oxygens (including phenoxy) is 2. The average molecular weight is 493 g/mol. The van der Waals surface area contributed by atoms with Gasteiger partial charge in [-0.1, -0.05) is 4.85 Å². The fourth-order valence-corrected chi connectivity index (χ4v) is 5.37. The van der Waals surface area contributed by atoms with Crippen molar-refractivity contribution in [3.63, 3.8) is 0 Å². The summed E-state index contributed by atoms with van der Waals surface area (Å²) in [5.41, 5.74) is 7.35. The summed E-state index contributed by atoms with van der Waals surface area (Å²) in [5, 5.41) is 4.42. The molecule has 5 rings (SSSR count). The topological polar surface area (TPSA) is 84.4 Å². The minimum absolute atomic E-state index is 0.549. The Morgan fingerprint density at radius 3 is 2.69 bits per heavy atom. The third kappa shape index (κ3) is 5.96. The number of unbranched alkanes of at least 4 members (excludes halogenated alkanes) is 1. The molecule has 0 bridgehead atoms. The van der Waals surface area contributed by atoms with Crippen LogP contribution in [-0.2, 0) is 0 Å². The number of nitrogens with zero attached hydrogens (tertiary/aromatic N) is 3.